The Labute approximate surface area is 115 Å². The van der Waals surface area contributed by atoms with Crippen molar-refractivity contribution in [1.29, 1.82) is 0 Å². The van der Waals surface area contributed by atoms with Gasteiger partial charge in [0.25, 0.3) is 0 Å². The summed E-state index contributed by atoms with van der Waals surface area (Å²) in [6, 6.07) is 12.0. The van der Waals surface area contributed by atoms with Crippen LogP contribution in [-0.4, -0.2) is 6.04 Å². The molecule has 0 saturated heterocycles. The number of nitrogens with two attached hydrogens (primary N) is 1. The van der Waals surface area contributed by atoms with Gasteiger partial charge in [-0.1, -0.05) is 23.9 Å². The predicted molar refractivity (Wildman–Crippen MR) is 74.3 cm³/mol. The maximum atomic E-state index is 13.1. The molecule has 1 unspecified atom stereocenters. The second-order valence-electron chi connectivity index (χ2n) is 4.50. The molecule has 0 heterocycles. The molecule has 0 spiro atoms. The van der Waals surface area contributed by atoms with Crippen molar-refractivity contribution >= 4 is 11.8 Å². The summed E-state index contributed by atoms with van der Waals surface area (Å²) >= 11 is 1.40. The predicted octanol–water partition coefficient (Wildman–Crippen LogP) is 4.01. The van der Waals surface area contributed by atoms with E-state index in [-0.39, 0.29) is 6.04 Å². The molecule has 0 amide bonds. The lowest BCUT2D eigenvalue weighted by atomic mass is 10.1. The number of halogens is 2. The van der Waals surface area contributed by atoms with Crippen molar-refractivity contribution in [3.63, 3.8) is 0 Å². The lowest BCUT2D eigenvalue weighted by Gasteiger charge is -2.06. The maximum absolute atomic E-state index is 13.1. The minimum atomic E-state index is -0.823. The summed E-state index contributed by atoms with van der Waals surface area (Å²) in [4.78, 5) is 1.67. The molecule has 2 rings (SSSR count). The quantitative estimate of drug-likeness (QED) is 0.915. The van der Waals surface area contributed by atoms with Crippen LogP contribution in [0.15, 0.2) is 52.3 Å². The largest absolute Gasteiger partial charge is 0.328 e. The molecule has 0 fully saturated rings. The van der Waals surface area contributed by atoms with E-state index in [1.807, 2.05) is 31.2 Å². The fourth-order valence-corrected chi connectivity index (χ4v) is 2.58. The summed E-state index contributed by atoms with van der Waals surface area (Å²) < 4.78 is 25.9. The Morgan fingerprint density at radius 3 is 2.21 bits per heavy atom. The van der Waals surface area contributed by atoms with Crippen molar-refractivity contribution in [2.45, 2.75) is 29.2 Å². The van der Waals surface area contributed by atoms with Crippen molar-refractivity contribution in [3.8, 4) is 0 Å². The first-order chi connectivity index (χ1) is 9.04. The average Bonchev–Trinajstić information content (AvgIpc) is 2.36. The molecule has 1 atom stereocenters. The molecule has 0 aliphatic rings. The average molecular weight is 279 g/mol. The maximum Gasteiger partial charge on any atom is 0.159 e. The summed E-state index contributed by atoms with van der Waals surface area (Å²) in [6.07, 6.45) is 0.829. The topological polar surface area (TPSA) is 26.0 Å². The molecule has 4 heteroatoms. The lowest BCUT2D eigenvalue weighted by Crippen LogP contribution is -2.17. The lowest BCUT2D eigenvalue weighted by molar-refractivity contribution is 0.506. The molecule has 2 N–H and O–H groups in total. The van der Waals surface area contributed by atoms with Crippen LogP contribution in [0.5, 0.6) is 0 Å². The van der Waals surface area contributed by atoms with Crippen molar-refractivity contribution in [1.82, 2.24) is 0 Å². The minimum Gasteiger partial charge on any atom is -0.328 e. The van der Waals surface area contributed by atoms with Crippen molar-refractivity contribution in [2.24, 2.45) is 5.73 Å². The standard InChI is InChI=1S/C15H15F2NS/c1-10(18)8-11-2-4-12(5-3-11)19-13-6-7-14(16)15(17)9-13/h2-7,9-10H,8,18H2,1H3. The first-order valence-electron chi connectivity index (χ1n) is 6.02. The zero-order valence-corrected chi connectivity index (χ0v) is 11.4. The van der Waals surface area contributed by atoms with Crippen LogP contribution in [0.25, 0.3) is 0 Å². The molecular formula is C15H15F2NS. The van der Waals surface area contributed by atoms with Gasteiger partial charge in [0.1, 0.15) is 0 Å². The molecule has 0 aliphatic heterocycles. The zero-order valence-electron chi connectivity index (χ0n) is 10.6. The SMILES string of the molecule is CC(N)Cc1ccc(Sc2ccc(F)c(F)c2)cc1. The fraction of sp³-hybridized carbons (Fsp3) is 0.200. The number of hydrogen-bond donors (Lipinski definition) is 1. The van der Waals surface area contributed by atoms with Gasteiger partial charge in [0.2, 0.25) is 0 Å². The molecule has 2 aromatic rings. The van der Waals surface area contributed by atoms with Gasteiger partial charge in [-0.25, -0.2) is 8.78 Å². The van der Waals surface area contributed by atoms with Crippen LogP contribution < -0.4 is 5.73 Å². The summed E-state index contributed by atoms with van der Waals surface area (Å²) in [6.45, 7) is 1.96. The highest BCUT2D eigenvalue weighted by Crippen LogP contribution is 2.28. The zero-order chi connectivity index (χ0) is 13.8. The highest BCUT2D eigenvalue weighted by atomic mass is 32.2. The van der Waals surface area contributed by atoms with Crippen LogP contribution in [0.2, 0.25) is 0 Å². The number of hydrogen-bond acceptors (Lipinski definition) is 2. The third-order valence-electron chi connectivity index (χ3n) is 2.61. The second-order valence-corrected chi connectivity index (χ2v) is 5.65. The van der Waals surface area contributed by atoms with Crippen molar-refractivity contribution in [3.05, 3.63) is 59.7 Å². The molecular weight excluding hydrogens is 264 g/mol. The van der Waals surface area contributed by atoms with Gasteiger partial charge in [-0.05, 0) is 49.2 Å². The third-order valence-corrected chi connectivity index (χ3v) is 3.61. The monoisotopic (exact) mass is 279 g/mol. The highest BCUT2D eigenvalue weighted by molar-refractivity contribution is 7.99. The Bertz CT molecular complexity index is 553. The molecule has 1 nitrogen and oxygen atoms in total. The van der Waals surface area contributed by atoms with Gasteiger partial charge in [-0.15, -0.1) is 0 Å². The van der Waals surface area contributed by atoms with E-state index >= 15 is 0 Å². The smallest absolute Gasteiger partial charge is 0.159 e. The van der Waals surface area contributed by atoms with Gasteiger partial charge in [0.15, 0.2) is 11.6 Å². The molecule has 0 radical (unpaired) electrons. The Morgan fingerprint density at radius 2 is 1.63 bits per heavy atom. The van der Waals surface area contributed by atoms with E-state index in [0.29, 0.717) is 4.90 Å². The number of benzene rings is 2. The summed E-state index contributed by atoms with van der Waals surface area (Å²) in [5, 5.41) is 0. The van der Waals surface area contributed by atoms with Crippen LogP contribution in [-0.2, 0) is 6.42 Å². The Hall–Kier alpha value is -1.39. The van der Waals surface area contributed by atoms with E-state index in [0.717, 1.165) is 17.4 Å². The van der Waals surface area contributed by atoms with Crippen LogP contribution in [0.4, 0.5) is 8.78 Å². The van der Waals surface area contributed by atoms with Crippen LogP contribution in [0.3, 0.4) is 0 Å². The number of rotatable bonds is 4. The van der Waals surface area contributed by atoms with E-state index in [4.69, 9.17) is 5.73 Å². The summed E-state index contributed by atoms with van der Waals surface area (Å²) in [7, 11) is 0. The van der Waals surface area contributed by atoms with Crippen molar-refractivity contribution < 1.29 is 8.78 Å². The van der Waals surface area contributed by atoms with E-state index in [1.165, 1.54) is 23.4 Å². The molecule has 0 aliphatic carbocycles. The van der Waals surface area contributed by atoms with Gasteiger partial charge in [-0.2, -0.15) is 0 Å². The molecule has 19 heavy (non-hydrogen) atoms. The van der Waals surface area contributed by atoms with Gasteiger partial charge in [-0.3, -0.25) is 0 Å². The van der Waals surface area contributed by atoms with Gasteiger partial charge >= 0.3 is 0 Å². The van der Waals surface area contributed by atoms with Crippen molar-refractivity contribution in [2.75, 3.05) is 0 Å². The highest BCUT2D eigenvalue weighted by Gasteiger charge is 2.04. The van der Waals surface area contributed by atoms with E-state index in [1.54, 1.807) is 6.07 Å². The normalized spacial score (nSPS) is 12.4. The summed E-state index contributed by atoms with van der Waals surface area (Å²) in [5.74, 6) is -1.64. The van der Waals surface area contributed by atoms with Gasteiger partial charge in [0.05, 0.1) is 0 Å². The molecule has 0 aromatic heterocycles. The van der Waals surface area contributed by atoms with E-state index in [9.17, 15) is 8.78 Å². The van der Waals surface area contributed by atoms with Crippen LogP contribution >= 0.6 is 11.8 Å². The molecule has 100 valence electrons. The minimum absolute atomic E-state index is 0.129. The summed E-state index contributed by atoms with van der Waals surface area (Å²) in [5.41, 5.74) is 6.91. The first kappa shape index (κ1) is 14.0. The Kier molecular flexibility index (Phi) is 4.56. The van der Waals surface area contributed by atoms with Gasteiger partial charge < -0.3 is 5.73 Å². The third kappa shape index (κ3) is 4.04. The molecule has 0 saturated carbocycles. The Morgan fingerprint density at radius 1 is 1.00 bits per heavy atom. The van der Waals surface area contributed by atoms with Crippen LogP contribution in [0.1, 0.15) is 12.5 Å². The second kappa shape index (κ2) is 6.17. The van der Waals surface area contributed by atoms with Crippen LogP contribution in [0, 0.1) is 11.6 Å². The van der Waals surface area contributed by atoms with E-state index in [2.05, 4.69) is 0 Å². The molecule has 0 bridgehead atoms. The fourth-order valence-electron chi connectivity index (χ4n) is 1.74. The van der Waals surface area contributed by atoms with E-state index < -0.39 is 11.6 Å². The van der Waals surface area contributed by atoms with Gasteiger partial charge in [0, 0.05) is 15.8 Å². The molecule has 2 aromatic carbocycles. The first-order valence-corrected chi connectivity index (χ1v) is 6.83. The Balaban J connectivity index is 2.08.